The van der Waals surface area contributed by atoms with Gasteiger partial charge in [-0.3, -0.25) is 24.1 Å². The van der Waals surface area contributed by atoms with Crippen molar-refractivity contribution in [3.63, 3.8) is 0 Å². The predicted octanol–water partition coefficient (Wildman–Crippen LogP) is 0.556. The number of primary amides is 1. The Labute approximate surface area is 255 Å². The molecule has 13 nitrogen and oxygen atoms in total. The van der Waals surface area contributed by atoms with Crippen molar-refractivity contribution >= 4 is 40.5 Å². The summed E-state index contributed by atoms with van der Waals surface area (Å²) in [6, 6.07) is 0.464. The van der Waals surface area contributed by atoms with E-state index in [4.69, 9.17) is 5.73 Å². The number of anilines is 2. The van der Waals surface area contributed by atoms with E-state index < -0.39 is 63.8 Å². The van der Waals surface area contributed by atoms with Crippen LogP contribution in [0.4, 0.5) is 11.4 Å². The number of aromatic hydroxyl groups is 1. The number of nitrogens with one attached hydrogen (secondary N) is 1. The molecule has 7 N–H and O–H groups in total. The molecule has 1 aromatic rings. The molecule has 2 amide bonds. The number of hydrogen-bond acceptors (Lipinski definition) is 11. The van der Waals surface area contributed by atoms with Crippen molar-refractivity contribution < 1.29 is 39.6 Å². The normalized spacial score (nSPS) is 27.2. The average Bonchev–Trinajstić information content (AvgIpc) is 2.88. The number of likely N-dealkylation sites (tertiary alicyclic amines) is 1. The van der Waals surface area contributed by atoms with Gasteiger partial charge in [-0.05, 0) is 50.4 Å². The van der Waals surface area contributed by atoms with Crippen LogP contribution in [0, 0.1) is 23.7 Å². The van der Waals surface area contributed by atoms with Crippen molar-refractivity contribution in [2.45, 2.75) is 38.3 Å². The number of likely N-dealkylation sites (N-methyl/N-ethyl adjacent to an activating group) is 1. The fourth-order valence-electron chi connectivity index (χ4n) is 7.42. The third kappa shape index (κ3) is 4.65. The van der Waals surface area contributed by atoms with Crippen LogP contribution in [-0.4, -0.2) is 113 Å². The predicted molar refractivity (Wildman–Crippen MR) is 162 cm³/mol. The monoisotopic (exact) mass is 611 g/mol. The highest BCUT2D eigenvalue weighted by atomic mass is 16.3. The Morgan fingerprint density at radius 1 is 1.14 bits per heavy atom. The number of nitrogens with two attached hydrogens (primary N) is 1. The number of phenols is 1. The summed E-state index contributed by atoms with van der Waals surface area (Å²) in [5.74, 6) is -7.32. The Balaban J connectivity index is 1.59. The maximum atomic E-state index is 14.1. The van der Waals surface area contributed by atoms with Crippen LogP contribution >= 0.6 is 0 Å². The van der Waals surface area contributed by atoms with Crippen molar-refractivity contribution in [2.75, 3.05) is 58.0 Å². The zero-order valence-electron chi connectivity index (χ0n) is 25.8. The minimum Gasteiger partial charge on any atom is -0.508 e. The molecule has 238 valence electrons. The SMILES string of the molecule is CC(C)CN1CC(C(=O)Nc2cc(N(C)C)c3c(c2O)C(O)=C2C(=O)[C@]4(O)C(O)=C(C(N)=O)C(=O)[C@@H](N(C)C)[C@@H]4C[C@@H]2C3)C1. The Bertz CT molecular complexity index is 1520. The maximum absolute atomic E-state index is 14.1. The van der Waals surface area contributed by atoms with Gasteiger partial charge in [0.25, 0.3) is 5.91 Å². The van der Waals surface area contributed by atoms with E-state index >= 15 is 0 Å². The van der Waals surface area contributed by atoms with Crippen LogP contribution in [0.25, 0.3) is 5.76 Å². The van der Waals surface area contributed by atoms with Gasteiger partial charge in [-0.15, -0.1) is 0 Å². The fourth-order valence-corrected chi connectivity index (χ4v) is 7.42. The largest absolute Gasteiger partial charge is 0.508 e. The van der Waals surface area contributed by atoms with Gasteiger partial charge in [0.2, 0.25) is 11.7 Å². The van der Waals surface area contributed by atoms with Gasteiger partial charge < -0.3 is 41.3 Å². The lowest BCUT2D eigenvalue weighted by atomic mass is 9.57. The molecule has 1 aromatic carbocycles. The molecule has 1 aliphatic heterocycles. The Hall–Kier alpha value is -3.94. The lowest BCUT2D eigenvalue weighted by Gasteiger charge is -2.50. The third-order valence-electron chi connectivity index (χ3n) is 9.39. The van der Waals surface area contributed by atoms with Crippen molar-refractivity contribution in [1.82, 2.24) is 9.80 Å². The summed E-state index contributed by atoms with van der Waals surface area (Å²) in [5.41, 5.74) is 2.65. The molecule has 2 fully saturated rings. The zero-order chi connectivity index (χ0) is 32.6. The molecule has 5 rings (SSSR count). The van der Waals surface area contributed by atoms with Crippen LogP contribution in [0.15, 0.2) is 23.0 Å². The number of phenolic OH excluding ortho intramolecular Hbond substituents is 1. The maximum Gasteiger partial charge on any atom is 0.255 e. The van der Waals surface area contributed by atoms with Crippen LogP contribution in [0.5, 0.6) is 5.75 Å². The van der Waals surface area contributed by atoms with Crippen LogP contribution in [-0.2, 0) is 25.6 Å². The molecule has 4 aliphatic rings. The fraction of sp³-hybridized carbons (Fsp3) is 0.548. The van der Waals surface area contributed by atoms with Gasteiger partial charge >= 0.3 is 0 Å². The first-order valence-corrected chi connectivity index (χ1v) is 14.7. The van der Waals surface area contributed by atoms with E-state index in [0.717, 1.165) is 6.54 Å². The second kappa shape index (κ2) is 10.9. The number of aliphatic hydroxyl groups is 3. The van der Waals surface area contributed by atoms with Crippen molar-refractivity contribution in [3.8, 4) is 5.75 Å². The van der Waals surface area contributed by atoms with Gasteiger partial charge in [0, 0.05) is 50.9 Å². The zero-order valence-corrected chi connectivity index (χ0v) is 25.8. The molecule has 1 saturated carbocycles. The highest BCUT2D eigenvalue weighted by Gasteiger charge is 2.64. The van der Waals surface area contributed by atoms with E-state index in [1.54, 1.807) is 39.2 Å². The molecule has 0 aromatic heterocycles. The van der Waals surface area contributed by atoms with E-state index in [0.29, 0.717) is 30.3 Å². The number of amides is 2. The van der Waals surface area contributed by atoms with Crippen molar-refractivity contribution in [2.24, 2.45) is 29.4 Å². The smallest absolute Gasteiger partial charge is 0.255 e. The lowest BCUT2D eigenvalue weighted by Crippen LogP contribution is -2.65. The van der Waals surface area contributed by atoms with Crippen LogP contribution in [0.1, 0.15) is 31.4 Å². The molecule has 44 heavy (non-hydrogen) atoms. The molecule has 13 heteroatoms. The minimum absolute atomic E-state index is 0.00750. The summed E-state index contributed by atoms with van der Waals surface area (Å²) in [6.07, 6.45) is 0.142. The van der Waals surface area contributed by atoms with E-state index in [-0.39, 0.29) is 41.5 Å². The first kappa shape index (κ1) is 31.5. The molecule has 1 heterocycles. The summed E-state index contributed by atoms with van der Waals surface area (Å²) in [5, 5.41) is 48.7. The van der Waals surface area contributed by atoms with Gasteiger partial charge in [-0.1, -0.05) is 13.8 Å². The molecular formula is C31H41N5O8. The Kier molecular flexibility index (Phi) is 7.80. The molecule has 1 saturated heterocycles. The van der Waals surface area contributed by atoms with Gasteiger partial charge in [0.1, 0.15) is 22.8 Å². The summed E-state index contributed by atoms with van der Waals surface area (Å²) in [6.45, 7) is 6.25. The van der Waals surface area contributed by atoms with Crippen molar-refractivity contribution in [1.29, 1.82) is 0 Å². The summed E-state index contributed by atoms with van der Waals surface area (Å²) >= 11 is 0. The van der Waals surface area contributed by atoms with Crippen LogP contribution in [0.2, 0.25) is 0 Å². The highest BCUT2D eigenvalue weighted by molar-refractivity contribution is 6.24. The third-order valence-corrected chi connectivity index (χ3v) is 9.39. The van der Waals surface area contributed by atoms with Crippen LogP contribution < -0.4 is 16.0 Å². The molecule has 4 atom stereocenters. The number of carbonyl (C=O) groups excluding carboxylic acids is 4. The molecular weight excluding hydrogens is 570 g/mol. The number of Topliss-reactive ketones (excluding diaryl/α,β-unsaturated/α-hetero) is 2. The van der Waals surface area contributed by atoms with E-state index in [9.17, 15) is 39.6 Å². The number of hydrogen-bond donors (Lipinski definition) is 6. The minimum atomic E-state index is -2.72. The second-order valence-corrected chi connectivity index (χ2v) is 13.3. The van der Waals surface area contributed by atoms with Crippen molar-refractivity contribution in [3.05, 3.63) is 34.1 Å². The quantitative estimate of drug-likeness (QED) is 0.186. The topological polar surface area (TPSA) is 197 Å². The van der Waals surface area contributed by atoms with E-state index in [2.05, 4.69) is 24.1 Å². The molecule has 0 radical (unpaired) electrons. The summed E-state index contributed by atoms with van der Waals surface area (Å²) in [7, 11) is 6.64. The number of carbonyl (C=O) groups is 4. The number of benzene rings is 1. The Morgan fingerprint density at radius 3 is 2.32 bits per heavy atom. The average molecular weight is 612 g/mol. The molecule has 0 spiro atoms. The lowest BCUT2D eigenvalue weighted by molar-refractivity contribution is -0.153. The second-order valence-electron chi connectivity index (χ2n) is 13.3. The van der Waals surface area contributed by atoms with Gasteiger partial charge in [-0.25, -0.2) is 0 Å². The molecule has 0 unspecified atom stereocenters. The van der Waals surface area contributed by atoms with E-state index in [1.165, 1.54) is 4.90 Å². The molecule has 3 aliphatic carbocycles. The Morgan fingerprint density at radius 2 is 1.77 bits per heavy atom. The standard InChI is InChI=1S/C31H41N5O8/c1-13(2)10-36-11-15(12-36)30(43)33-18-9-19(34(3)4)16-7-14-8-17-23(35(5)6)26(39)22(29(32)42)28(41)31(17,44)27(40)20(14)25(38)21(16)24(18)37/h9,13-15,17,23,37-38,41,44H,7-8,10-12H2,1-6H3,(H2,32,42)(H,33,43)/t14-,17-,23-,31-/m0/s1. The van der Waals surface area contributed by atoms with Gasteiger partial charge in [-0.2, -0.15) is 0 Å². The number of aliphatic hydroxyl groups excluding tert-OH is 2. The number of rotatable bonds is 7. The first-order chi connectivity index (χ1) is 20.5. The number of fused-ring (bicyclic) bond motifs is 3. The number of ketones is 2. The van der Waals surface area contributed by atoms with E-state index in [1.807, 2.05) is 0 Å². The summed E-state index contributed by atoms with van der Waals surface area (Å²) in [4.78, 5) is 58.1. The van der Waals surface area contributed by atoms with Crippen LogP contribution in [0.3, 0.4) is 0 Å². The summed E-state index contributed by atoms with van der Waals surface area (Å²) < 4.78 is 0. The van der Waals surface area contributed by atoms with Gasteiger partial charge in [0.15, 0.2) is 11.4 Å². The number of nitrogens with zero attached hydrogens (tertiary/aromatic N) is 3. The van der Waals surface area contributed by atoms with Gasteiger partial charge in [0.05, 0.1) is 23.2 Å². The first-order valence-electron chi connectivity index (χ1n) is 14.7. The highest BCUT2D eigenvalue weighted by Crippen LogP contribution is 2.54. The molecule has 0 bridgehead atoms.